The molecular weight excluding hydrogens is 426 g/mol. The summed E-state index contributed by atoms with van der Waals surface area (Å²) in [6.07, 6.45) is 1.81. The molecule has 7 heteroatoms. The zero-order chi connectivity index (χ0) is 24.1. The van der Waals surface area contributed by atoms with Gasteiger partial charge in [-0.3, -0.25) is 4.79 Å². The predicted octanol–water partition coefficient (Wildman–Crippen LogP) is 4.09. The Hall–Kier alpha value is -3.66. The lowest BCUT2D eigenvalue weighted by Crippen LogP contribution is -2.40. The first-order valence-corrected chi connectivity index (χ1v) is 11.8. The Morgan fingerprint density at radius 3 is 2.38 bits per heavy atom. The molecule has 0 unspecified atom stereocenters. The summed E-state index contributed by atoms with van der Waals surface area (Å²) in [7, 11) is 1.63. The number of methoxy groups -OCH3 is 1. The fourth-order valence-electron chi connectivity index (χ4n) is 4.73. The van der Waals surface area contributed by atoms with Gasteiger partial charge in [0.1, 0.15) is 11.4 Å². The van der Waals surface area contributed by atoms with Gasteiger partial charge in [0, 0.05) is 19.6 Å². The van der Waals surface area contributed by atoms with E-state index >= 15 is 0 Å². The zero-order valence-corrected chi connectivity index (χ0v) is 20.0. The summed E-state index contributed by atoms with van der Waals surface area (Å²) in [5.41, 5.74) is 2.97. The highest BCUT2D eigenvalue weighted by Crippen LogP contribution is 2.31. The number of carbonyl (C=O) groups is 1. The second kappa shape index (κ2) is 10.5. The summed E-state index contributed by atoms with van der Waals surface area (Å²) < 4.78 is 5.19. The number of amides is 1. The first kappa shape index (κ1) is 23.5. The van der Waals surface area contributed by atoms with E-state index < -0.39 is 5.92 Å². The molecule has 0 saturated carbocycles. The number of benzene rings is 2. The first-order valence-electron chi connectivity index (χ1n) is 11.8. The molecule has 3 atom stereocenters. The topological polar surface area (TPSA) is 91.1 Å². The minimum absolute atomic E-state index is 0.347. The van der Waals surface area contributed by atoms with Crippen LogP contribution < -0.4 is 15.0 Å². The number of nitriles is 1. The van der Waals surface area contributed by atoms with Crippen molar-refractivity contribution in [2.75, 3.05) is 31.6 Å². The number of nitrogens with zero attached hydrogens (tertiary/aromatic N) is 4. The zero-order valence-electron chi connectivity index (χ0n) is 20.0. The van der Waals surface area contributed by atoms with Crippen LogP contribution in [0.25, 0.3) is 11.0 Å². The van der Waals surface area contributed by atoms with Gasteiger partial charge < -0.3 is 15.0 Å². The molecule has 0 radical (unpaired) electrons. The molecule has 1 aliphatic heterocycles. The van der Waals surface area contributed by atoms with Crippen LogP contribution in [0.2, 0.25) is 0 Å². The quantitative estimate of drug-likeness (QED) is 0.575. The number of hydrogen-bond acceptors (Lipinski definition) is 6. The van der Waals surface area contributed by atoms with Crippen molar-refractivity contribution in [1.82, 2.24) is 15.3 Å². The van der Waals surface area contributed by atoms with E-state index in [1.54, 1.807) is 7.11 Å². The van der Waals surface area contributed by atoms with E-state index in [1.807, 2.05) is 48.5 Å². The lowest BCUT2D eigenvalue weighted by Gasteiger charge is -2.36. The summed E-state index contributed by atoms with van der Waals surface area (Å²) >= 11 is 0. The van der Waals surface area contributed by atoms with Crippen LogP contribution in [0.15, 0.2) is 48.5 Å². The van der Waals surface area contributed by atoms with Gasteiger partial charge in [0.05, 0.1) is 24.2 Å². The van der Waals surface area contributed by atoms with Crippen LogP contribution in [0.5, 0.6) is 5.75 Å². The second-order valence-electron chi connectivity index (χ2n) is 9.22. The average molecular weight is 458 g/mol. The summed E-state index contributed by atoms with van der Waals surface area (Å²) in [4.78, 5) is 25.0. The Morgan fingerprint density at radius 2 is 1.76 bits per heavy atom. The van der Waals surface area contributed by atoms with E-state index in [0.717, 1.165) is 36.3 Å². The minimum atomic E-state index is -1.03. The number of para-hydroxylation sites is 2. The molecular formula is C27H31N5O2. The van der Waals surface area contributed by atoms with Crippen LogP contribution in [0.4, 0.5) is 5.82 Å². The first-order chi connectivity index (χ1) is 16.5. The third-order valence-electron chi connectivity index (χ3n) is 6.28. The maximum Gasteiger partial charge on any atom is 0.243 e. The van der Waals surface area contributed by atoms with Crippen molar-refractivity contribution in [2.24, 2.45) is 11.8 Å². The van der Waals surface area contributed by atoms with Gasteiger partial charge in [0.25, 0.3) is 0 Å². The molecule has 176 valence electrons. The van der Waals surface area contributed by atoms with E-state index in [2.05, 4.69) is 30.1 Å². The number of aromatic nitrogens is 2. The number of anilines is 1. The summed E-state index contributed by atoms with van der Waals surface area (Å²) in [6.45, 7) is 6.55. The van der Waals surface area contributed by atoms with Crippen molar-refractivity contribution < 1.29 is 9.53 Å². The molecule has 3 aromatic rings. The van der Waals surface area contributed by atoms with Crippen molar-refractivity contribution in [2.45, 2.75) is 32.6 Å². The highest BCUT2D eigenvalue weighted by atomic mass is 16.5. The Morgan fingerprint density at radius 1 is 1.12 bits per heavy atom. The molecule has 2 heterocycles. The van der Waals surface area contributed by atoms with E-state index in [0.29, 0.717) is 41.8 Å². The lowest BCUT2D eigenvalue weighted by molar-refractivity contribution is -0.121. The van der Waals surface area contributed by atoms with Crippen LogP contribution in [0.3, 0.4) is 0 Å². The Labute approximate surface area is 200 Å². The molecule has 2 aromatic carbocycles. The largest absolute Gasteiger partial charge is 0.497 e. The Kier molecular flexibility index (Phi) is 7.27. The highest BCUT2D eigenvalue weighted by molar-refractivity contribution is 5.88. The molecule has 1 aromatic heterocycles. The molecule has 4 rings (SSSR count). The number of rotatable bonds is 7. The van der Waals surface area contributed by atoms with Gasteiger partial charge >= 0.3 is 0 Å². The molecule has 1 aliphatic rings. The normalized spacial score (nSPS) is 18.8. The summed E-state index contributed by atoms with van der Waals surface area (Å²) in [5.74, 6) is 1.07. The fraction of sp³-hybridized carbons (Fsp3) is 0.407. The van der Waals surface area contributed by atoms with Crippen LogP contribution >= 0.6 is 0 Å². The highest BCUT2D eigenvalue weighted by Gasteiger charge is 2.31. The van der Waals surface area contributed by atoms with Crippen LogP contribution in [-0.2, 0) is 11.2 Å². The van der Waals surface area contributed by atoms with Gasteiger partial charge in [-0.15, -0.1) is 0 Å². The number of ether oxygens (including phenoxy) is 1. The van der Waals surface area contributed by atoms with Crippen molar-refractivity contribution in [3.05, 3.63) is 59.8 Å². The van der Waals surface area contributed by atoms with Gasteiger partial charge in [0.15, 0.2) is 11.7 Å². The monoisotopic (exact) mass is 457 g/mol. The summed E-state index contributed by atoms with van der Waals surface area (Å²) in [6, 6.07) is 17.5. The van der Waals surface area contributed by atoms with Crippen LogP contribution in [-0.4, -0.2) is 42.6 Å². The van der Waals surface area contributed by atoms with Crippen molar-refractivity contribution in [1.29, 1.82) is 5.26 Å². The number of fused-ring (bicyclic) bond motifs is 1. The smallest absolute Gasteiger partial charge is 0.243 e. The molecule has 1 fully saturated rings. The Balaban J connectivity index is 1.57. The maximum absolute atomic E-state index is 13.1. The molecule has 0 bridgehead atoms. The maximum atomic E-state index is 13.1. The summed E-state index contributed by atoms with van der Waals surface area (Å²) in [5, 5.41) is 12.9. The number of carbonyl (C=O) groups excluding carboxylic acids is 1. The van der Waals surface area contributed by atoms with E-state index in [-0.39, 0.29) is 5.91 Å². The van der Waals surface area contributed by atoms with Gasteiger partial charge in [-0.25, -0.2) is 9.97 Å². The van der Waals surface area contributed by atoms with Crippen LogP contribution in [0.1, 0.15) is 37.4 Å². The molecule has 1 saturated heterocycles. The minimum Gasteiger partial charge on any atom is -0.497 e. The van der Waals surface area contributed by atoms with Gasteiger partial charge in [0.2, 0.25) is 5.91 Å². The number of hydrogen-bond donors (Lipinski definition) is 1. The van der Waals surface area contributed by atoms with E-state index in [1.165, 1.54) is 0 Å². The van der Waals surface area contributed by atoms with Gasteiger partial charge in [-0.05, 0) is 54.5 Å². The number of nitrogens with one attached hydrogen (secondary N) is 1. The number of piperidine rings is 1. The molecule has 7 nitrogen and oxygen atoms in total. The van der Waals surface area contributed by atoms with Crippen molar-refractivity contribution in [3.8, 4) is 11.8 Å². The van der Waals surface area contributed by atoms with Crippen molar-refractivity contribution in [3.63, 3.8) is 0 Å². The third kappa shape index (κ3) is 5.28. The second-order valence-corrected chi connectivity index (χ2v) is 9.22. The standard InChI is InChI=1S/C27H31N5O2/c1-18-14-19(2)17-32(16-18)26-25(30-23-6-4-5-7-24(23)31-26)22(15-28)27(33)29-13-12-20-8-10-21(34-3)11-9-20/h4-11,18-19,22H,12-14,16-17H2,1-3H3,(H,29,33)/t18-,19-,22-/m0/s1. The SMILES string of the molecule is COc1ccc(CCNC(=O)[C@@H](C#N)c2nc3ccccc3nc2N2C[C@@H](C)C[C@H](C)C2)cc1. The molecule has 0 aliphatic carbocycles. The average Bonchev–Trinajstić information content (AvgIpc) is 2.84. The molecule has 1 N–H and O–H groups in total. The molecule has 1 amide bonds. The van der Waals surface area contributed by atoms with Gasteiger partial charge in [-0.2, -0.15) is 5.26 Å². The lowest BCUT2D eigenvalue weighted by atomic mass is 9.91. The predicted molar refractivity (Wildman–Crippen MR) is 133 cm³/mol. The van der Waals surface area contributed by atoms with E-state index in [9.17, 15) is 10.1 Å². The van der Waals surface area contributed by atoms with Crippen molar-refractivity contribution >= 4 is 22.8 Å². The third-order valence-corrected chi connectivity index (χ3v) is 6.28. The molecule has 0 spiro atoms. The Bertz CT molecular complexity index is 1180. The molecule has 34 heavy (non-hydrogen) atoms. The van der Waals surface area contributed by atoms with E-state index in [4.69, 9.17) is 14.7 Å². The fourth-order valence-corrected chi connectivity index (χ4v) is 4.73. The van der Waals surface area contributed by atoms with Gasteiger partial charge in [-0.1, -0.05) is 38.1 Å². The van der Waals surface area contributed by atoms with Crippen LogP contribution in [0, 0.1) is 23.2 Å².